The van der Waals surface area contributed by atoms with Gasteiger partial charge in [0.2, 0.25) is 5.91 Å². The molecule has 0 aliphatic carbocycles. The van der Waals surface area contributed by atoms with Crippen molar-refractivity contribution < 1.29 is 9.18 Å². The molecule has 2 heterocycles. The fraction of sp³-hybridized carbons (Fsp3) is 0.458. The van der Waals surface area contributed by atoms with E-state index in [4.69, 9.17) is 0 Å². The summed E-state index contributed by atoms with van der Waals surface area (Å²) >= 11 is 0. The Morgan fingerprint density at radius 3 is 1.90 bits per heavy atom. The summed E-state index contributed by atoms with van der Waals surface area (Å²) in [7, 11) is 0. The van der Waals surface area contributed by atoms with E-state index in [2.05, 4.69) is 41.0 Å². The maximum atomic E-state index is 13.0. The van der Waals surface area contributed by atoms with Gasteiger partial charge in [0.25, 0.3) is 0 Å². The molecule has 2 fully saturated rings. The van der Waals surface area contributed by atoms with Crippen molar-refractivity contribution in [3.05, 3.63) is 59.9 Å². The summed E-state index contributed by atoms with van der Waals surface area (Å²) in [6.45, 7) is 7.78. The molecule has 154 valence electrons. The van der Waals surface area contributed by atoms with Crippen molar-refractivity contribution in [3.8, 4) is 0 Å². The van der Waals surface area contributed by atoms with E-state index < -0.39 is 0 Å². The molecule has 0 N–H and O–H groups in total. The summed E-state index contributed by atoms with van der Waals surface area (Å²) in [5.74, 6) is 0.689. The number of nitrogens with zero attached hydrogens (tertiary/aromatic N) is 3. The summed E-state index contributed by atoms with van der Waals surface area (Å²) in [5.41, 5.74) is 3.40. The minimum Gasteiger partial charge on any atom is -0.372 e. The van der Waals surface area contributed by atoms with Crippen molar-refractivity contribution in [1.29, 1.82) is 0 Å². The summed E-state index contributed by atoms with van der Waals surface area (Å²) in [5, 5.41) is 0. The molecule has 0 atom stereocenters. The maximum Gasteiger partial charge on any atom is 0.227 e. The number of hydrogen-bond donors (Lipinski definition) is 0. The van der Waals surface area contributed by atoms with Crippen LogP contribution >= 0.6 is 0 Å². The summed E-state index contributed by atoms with van der Waals surface area (Å²) in [4.78, 5) is 19.3. The normalized spacial score (nSPS) is 18.2. The molecule has 2 saturated heterocycles. The number of halogens is 1. The van der Waals surface area contributed by atoms with E-state index in [1.165, 1.54) is 36.3 Å². The molecule has 0 spiro atoms. The van der Waals surface area contributed by atoms with Crippen molar-refractivity contribution in [2.45, 2.75) is 26.2 Å². The molecule has 4 rings (SSSR count). The number of carbonyl (C=O) groups excluding carboxylic acids is 1. The Balaban J connectivity index is 1.29. The third-order valence-corrected chi connectivity index (χ3v) is 6.26. The second-order valence-electron chi connectivity index (χ2n) is 8.36. The molecule has 2 aliphatic heterocycles. The monoisotopic (exact) mass is 395 g/mol. The lowest BCUT2D eigenvalue weighted by Crippen LogP contribution is -2.49. The minimum absolute atomic E-state index is 0.117. The third kappa shape index (κ3) is 4.89. The van der Waals surface area contributed by atoms with Crippen LogP contribution < -0.4 is 9.80 Å². The fourth-order valence-electron chi connectivity index (χ4n) is 4.24. The van der Waals surface area contributed by atoms with Gasteiger partial charge in [-0.1, -0.05) is 19.1 Å². The lowest BCUT2D eigenvalue weighted by Gasteiger charge is -2.37. The highest BCUT2D eigenvalue weighted by Crippen LogP contribution is 2.26. The zero-order chi connectivity index (χ0) is 20.2. The van der Waals surface area contributed by atoms with Crippen LogP contribution in [0, 0.1) is 11.7 Å². The van der Waals surface area contributed by atoms with Gasteiger partial charge in [-0.2, -0.15) is 0 Å². The first-order valence-corrected chi connectivity index (χ1v) is 10.7. The lowest BCUT2D eigenvalue weighted by molar-refractivity contribution is -0.130. The molecule has 29 heavy (non-hydrogen) atoms. The predicted molar refractivity (Wildman–Crippen MR) is 116 cm³/mol. The second kappa shape index (κ2) is 8.85. The molecule has 2 aromatic rings. The Hall–Kier alpha value is -2.56. The highest BCUT2D eigenvalue weighted by molar-refractivity contribution is 5.79. The van der Waals surface area contributed by atoms with Gasteiger partial charge in [0.15, 0.2) is 0 Å². The van der Waals surface area contributed by atoms with E-state index >= 15 is 0 Å². The summed E-state index contributed by atoms with van der Waals surface area (Å²) < 4.78 is 13.0. The molecule has 0 unspecified atom stereocenters. The molecular weight excluding hydrogens is 365 g/mol. The van der Waals surface area contributed by atoms with Crippen molar-refractivity contribution in [3.63, 3.8) is 0 Å². The van der Waals surface area contributed by atoms with Gasteiger partial charge < -0.3 is 14.7 Å². The Morgan fingerprint density at radius 1 is 0.828 bits per heavy atom. The predicted octanol–water partition coefficient (Wildman–Crippen LogP) is 3.95. The molecule has 0 radical (unpaired) electrons. The van der Waals surface area contributed by atoms with E-state index in [1.807, 2.05) is 4.90 Å². The number of piperidine rings is 1. The van der Waals surface area contributed by atoms with E-state index in [9.17, 15) is 9.18 Å². The zero-order valence-electron chi connectivity index (χ0n) is 17.2. The molecular formula is C24H30FN3O. The highest BCUT2D eigenvalue weighted by Gasteiger charge is 2.22. The maximum absolute atomic E-state index is 13.0. The first-order valence-electron chi connectivity index (χ1n) is 10.7. The molecule has 1 amide bonds. The number of carbonyl (C=O) groups is 1. The number of amides is 1. The highest BCUT2D eigenvalue weighted by atomic mass is 19.1. The lowest BCUT2D eigenvalue weighted by atomic mass is 9.99. The van der Waals surface area contributed by atoms with E-state index in [0.717, 1.165) is 50.7 Å². The van der Waals surface area contributed by atoms with E-state index in [0.29, 0.717) is 6.42 Å². The van der Waals surface area contributed by atoms with Gasteiger partial charge in [-0.05, 0) is 60.7 Å². The molecule has 0 aromatic heterocycles. The van der Waals surface area contributed by atoms with Gasteiger partial charge in [0.1, 0.15) is 5.82 Å². The number of benzene rings is 2. The van der Waals surface area contributed by atoms with Gasteiger partial charge in [-0.15, -0.1) is 0 Å². The van der Waals surface area contributed by atoms with Crippen LogP contribution in [0.1, 0.15) is 25.3 Å². The van der Waals surface area contributed by atoms with Gasteiger partial charge in [0, 0.05) is 50.6 Å². The first kappa shape index (κ1) is 19.7. The molecule has 2 aliphatic rings. The van der Waals surface area contributed by atoms with Crippen LogP contribution in [0.4, 0.5) is 15.8 Å². The Bertz CT molecular complexity index is 805. The van der Waals surface area contributed by atoms with Crippen LogP contribution in [0.3, 0.4) is 0 Å². The molecule has 2 aromatic carbocycles. The van der Waals surface area contributed by atoms with Crippen LogP contribution in [0.5, 0.6) is 0 Å². The Labute approximate surface area is 172 Å². The molecule has 0 bridgehead atoms. The van der Waals surface area contributed by atoms with Crippen LogP contribution in [0.25, 0.3) is 0 Å². The fourth-order valence-corrected chi connectivity index (χ4v) is 4.24. The van der Waals surface area contributed by atoms with Crippen LogP contribution in [0.15, 0.2) is 48.5 Å². The standard InChI is InChI=1S/C24H30FN3O/c1-19-10-12-26(13-11-19)22-6-8-23(9-7-22)27-14-16-28(17-15-27)24(29)18-20-2-4-21(25)5-3-20/h2-9,19H,10-18H2,1H3. The van der Waals surface area contributed by atoms with Crippen LogP contribution in [0.2, 0.25) is 0 Å². The smallest absolute Gasteiger partial charge is 0.227 e. The van der Waals surface area contributed by atoms with Gasteiger partial charge in [0.05, 0.1) is 6.42 Å². The number of rotatable bonds is 4. The molecule has 5 heteroatoms. The second-order valence-corrected chi connectivity index (χ2v) is 8.36. The first-order chi connectivity index (χ1) is 14.1. The van der Waals surface area contributed by atoms with Crippen molar-refractivity contribution in [2.24, 2.45) is 5.92 Å². The SMILES string of the molecule is CC1CCN(c2ccc(N3CCN(C(=O)Cc4ccc(F)cc4)CC3)cc2)CC1. The number of piperazine rings is 1. The van der Waals surface area contributed by atoms with E-state index in [1.54, 1.807) is 12.1 Å². The van der Waals surface area contributed by atoms with Crippen molar-refractivity contribution >= 4 is 17.3 Å². The van der Waals surface area contributed by atoms with E-state index in [-0.39, 0.29) is 11.7 Å². The molecule has 4 nitrogen and oxygen atoms in total. The molecule has 0 saturated carbocycles. The van der Waals surface area contributed by atoms with Crippen molar-refractivity contribution in [1.82, 2.24) is 4.90 Å². The van der Waals surface area contributed by atoms with Crippen LogP contribution in [-0.4, -0.2) is 50.1 Å². The summed E-state index contributed by atoms with van der Waals surface area (Å²) in [6, 6.07) is 15.1. The number of anilines is 2. The quantitative estimate of drug-likeness (QED) is 0.784. The summed E-state index contributed by atoms with van der Waals surface area (Å²) in [6.07, 6.45) is 2.88. The zero-order valence-corrected chi connectivity index (χ0v) is 17.2. The average Bonchev–Trinajstić information content (AvgIpc) is 2.76. The Kier molecular flexibility index (Phi) is 6.02. The largest absolute Gasteiger partial charge is 0.372 e. The van der Waals surface area contributed by atoms with Crippen molar-refractivity contribution in [2.75, 3.05) is 49.1 Å². The minimum atomic E-state index is -0.268. The topological polar surface area (TPSA) is 26.8 Å². The Morgan fingerprint density at radius 2 is 1.34 bits per heavy atom. The van der Waals surface area contributed by atoms with Gasteiger partial charge in [-0.3, -0.25) is 4.79 Å². The third-order valence-electron chi connectivity index (χ3n) is 6.26. The van der Waals surface area contributed by atoms with Gasteiger partial charge in [-0.25, -0.2) is 4.39 Å². The van der Waals surface area contributed by atoms with Crippen LogP contribution in [-0.2, 0) is 11.2 Å². The number of hydrogen-bond acceptors (Lipinski definition) is 3. The average molecular weight is 396 g/mol. The van der Waals surface area contributed by atoms with Gasteiger partial charge >= 0.3 is 0 Å².